The Labute approximate surface area is 87.3 Å². The van der Waals surface area contributed by atoms with Crippen molar-refractivity contribution in [2.75, 3.05) is 0 Å². The van der Waals surface area contributed by atoms with Crippen LogP contribution in [0.2, 0.25) is 0 Å². The van der Waals surface area contributed by atoms with Crippen LogP contribution in [0.4, 0.5) is 0 Å². The van der Waals surface area contributed by atoms with Crippen LogP contribution in [0.3, 0.4) is 0 Å². The fourth-order valence-electron chi connectivity index (χ4n) is 1.05. The molecular formula is C11H10N2O2. The Bertz CT molecular complexity index is 352. The fourth-order valence-corrected chi connectivity index (χ4v) is 1.05. The van der Waals surface area contributed by atoms with Gasteiger partial charge in [-0.25, -0.2) is 0 Å². The zero-order valence-electron chi connectivity index (χ0n) is 7.95. The molecule has 0 saturated heterocycles. The molecule has 0 bridgehead atoms. The average Bonchev–Trinajstić information content (AvgIpc) is 2.32. The summed E-state index contributed by atoms with van der Waals surface area (Å²) >= 11 is 0. The van der Waals surface area contributed by atoms with Crippen molar-refractivity contribution in [3.63, 3.8) is 0 Å². The molecule has 0 saturated carbocycles. The van der Waals surface area contributed by atoms with Crippen LogP contribution in [0.1, 0.15) is 0 Å². The van der Waals surface area contributed by atoms with Gasteiger partial charge in [0, 0.05) is 24.2 Å². The zero-order valence-corrected chi connectivity index (χ0v) is 7.95. The van der Waals surface area contributed by atoms with E-state index in [-0.39, 0.29) is 6.47 Å². The van der Waals surface area contributed by atoms with Crippen molar-refractivity contribution in [3.8, 4) is 11.3 Å². The highest BCUT2D eigenvalue weighted by molar-refractivity contribution is 5.56. The summed E-state index contributed by atoms with van der Waals surface area (Å²) in [7, 11) is 0. The predicted molar refractivity (Wildman–Crippen MR) is 56.2 cm³/mol. The topological polar surface area (TPSA) is 63.1 Å². The summed E-state index contributed by atoms with van der Waals surface area (Å²) in [4.78, 5) is 16.6. The molecule has 2 heterocycles. The van der Waals surface area contributed by atoms with Gasteiger partial charge in [-0.3, -0.25) is 14.8 Å². The van der Waals surface area contributed by atoms with Crippen molar-refractivity contribution in [2.45, 2.75) is 0 Å². The highest BCUT2D eigenvalue weighted by Gasteiger charge is 1.94. The van der Waals surface area contributed by atoms with Crippen LogP contribution in [0.15, 0.2) is 48.9 Å². The highest BCUT2D eigenvalue weighted by atomic mass is 16.3. The van der Waals surface area contributed by atoms with Gasteiger partial charge in [0.05, 0.1) is 5.69 Å². The first-order valence-corrected chi connectivity index (χ1v) is 4.27. The Morgan fingerprint density at radius 2 is 1.93 bits per heavy atom. The standard InChI is InChI=1S/C10H8N2.CH2O2/c1-2-7-12-10(5-1)9-4-3-6-11-8-9;2-1-3/h1-8H;1H,(H,2,3). The van der Waals surface area contributed by atoms with Gasteiger partial charge in [-0.05, 0) is 24.3 Å². The first-order chi connectivity index (χ1) is 7.38. The van der Waals surface area contributed by atoms with Crippen LogP contribution in [-0.2, 0) is 4.79 Å². The van der Waals surface area contributed by atoms with Crippen molar-refractivity contribution in [3.05, 3.63) is 48.9 Å². The SMILES string of the molecule is O=CO.c1ccc(-c2cccnc2)nc1. The molecule has 4 nitrogen and oxygen atoms in total. The molecule has 0 aliphatic heterocycles. The lowest BCUT2D eigenvalue weighted by atomic mass is 10.2. The minimum absolute atomic E-state index is 0.250. The lowest BCUT2D eigenvalue weighted by molar-refractivity contribution is -0.122. The third kappa shape index (κ3) is 3.56. The van der Waals surface area contributed by atoms with Gasteiger partial charge in [-0.15, -0.1) is 0 Å². The normalized spacial score (nSPS) is 8.53. The second-order valence-corrected chi connectivity index (χ2v) is 2.56. The molecule has 0 unspecified atom stereocenters. The van der Waals surface area contributed by atoms with E-state index in [4.69, 9.17) is 9.90 Å². The van der Waals surface area contributed by atoms with E-state index in [2.05, 4.69) is 9.97 Å². The van der Waals surface area contributed by atoms with Crippen molar-refractivity contribution >= 4 is 6.47 Å². The predicted octanol–water partition coefficient (Wildman–Crippen LogP) is 1.84. The van der Waals surface area contributed by atoms with Crippen LogP contribution >= 0.6 is 0 Å². The largest absolute Gasteiger partial charge is 0.483 e. The van der Waals surface area contributed by atoms with Gasteiger partial charge in [0.2, 0.25) is 0 Å². The number of nitrogens with zero attached hydrogens (tertiary/aromatic N) is 2. The Balaban J connectivity index is 0.000000337. The maximum Gasteiger partial charge on any atom is 0.290 e. The summed E-state index contributed by atoms with van der Waals surface area (Å²) in [6, 6.07) is 9.74. The summed E-state index contributed by atoms with van der Waals surface area (Å²) in [5.74, 6) is 0. The van der Waals surface area contributed by atoms with Crippen LogP contribution in [-0.4, -0.2) is 21.5 Å². The van der Waals surface area contributed by atoms with Gasteiger partial charge in [-0.1, -0.05) is 6.07 Å². The van der Waals surface area contributed by atoms with E-state index < -0.39 is 0 Å². The lowest BCUT2D eigenvalue weighted by Gasteiger charge is -1.96. The molecule has 1 N–H and O–H groups in total. The van der Waals surface area contributed by atoms with Crippen molar-refractivity contribution in [1.29, 1.82) is 0 Å². The highest BCUT2D eigenvalue weighted by Crippen LogP contribution is 2.12. The van der Waals surface area contributed by atoms with Gasteiger partial charge >= 0.3 is 0 Å². The first-order valence-electron chi connectivity index (χ1n) is 4.27. The minimum atomic E-state index is -0.250. The maximum atomic E-state index is 8.36. The smallest absolute Gasteiger partial charge is 0.290 e. The third-order valence-corrected chi connectivity index (χ3v) is 1.62. The van der Waals surface area contributed by atoms with Gasteiger partial charge in [0.1, 0.15) is 0 Å². The molecular weight excluding hydrogens is 192 g/mol. The molecule has 2 rings (SSSR count). The molecule has 0 aliphatic rings. The number of hydrogen-bond acceptors (Lipinski definition) is 3. The van der Waals surface area contributed by atoms with E-state index in [1.54, 1.807) is 12.4 Å². The second-order valence-electron chi connectivity index (χ2n) is 2.56. The third-order valence-electron chi connectivity index (χ3n) is 1.62. The summed E-state index contributed by atoms with van der Waals surface area (Å²) in [5.41, 5.74) is 2.02. The van der Waals surface area contributed by atoms with E-state index in [9.17, 15) is 0 Å². The number of carboxylic acid groups (broad SMARTS) is 1. The average molecular weight is 202 g/mol. The van der Waals surface area contributed by atoms with E-state index in [0.29, 0.717) is 0 Å². The Morgan fingerprint density at radius 1 is 1.13 bits per heavy atom. The molecule has 2 aromatic rings. The van der Waals surface area contributed by atoms with Crippen molar-refractivity contribution < 1.29 is 9.90 Å². The van der Waals surface area contributed by atoms with Crippen LogP contribution in [0, 0.1) is 0 Å². The van der Waals surface area contributed by atoms with Crippen LogP contribution in [0.5, 0.6) is 0 Å². The Hall–Kier alpha value is -2.23. The zero-order chi connectivity index (χ0) is 10.9. The van der Waals surface area contributed by atoms with Gasteiger partial charge < -0.3 is 5.11 Å². The van der Waals surface area contributed by atoms with Crippen LogP contribution in [0.25, 0.3) is 11.3 Å². The van der Waals surface area contributed by atoms with E-state index in [0.717, 1.165) is 11.3 Å². The van der Waals surface area contributed by atoms with E-state index in [1.165, 1.54) is 0 Å². The molecule has 0 spiro atoms. The number of carbonyl (C=O) groups is 1. The summed E-state index contributed by atoms with van der Waals surface area (Å²) in [6.07, 6.45) is 5.34. The Kier molecular flexibility index (Phi) is 4.53. The second kappa shape index (κ2) is 6.26. The molecule has 0 radical (unpaired) electrons. The molecule has 0 atom stereocenters. The summed E-state index contributed by atoms with van der Waals surface area (Å²) in [6.45, 7) is -0.250. The van der Waals surface area contributed by atoms with Crippen molar-refractivity contribution in [2.24, 2.45) is 0 Å². The molecule has 76 valence electrons. The van der Waals surface area contributed by atoms with Crippen molar-refractivity contribution in [1.82, 2.24) is 9.97 Å². The maximum absolute atomic E-state index is 8.36. The number of pyridine rings is 2. The molecule has 0 amide bonds. The fraction of sp³-hybridized carbons (Fsp3) is 0. The Morgan fingerprint density at radius 3 is 2.47 bits per heavy atom. The monoisotopic (exact) mass is 202 g/mol. The first kappa shape index (κ1) is 10.8. The van der Waals surface area contributed by atoms with E-state index >= 15 is 0 Å². The quantitative estimate of drug-likeness (QED) is 0.717. The molecule has 4 heteroatoms. The molecule has 0 aliphatic carbocycles. The number of rotatable bonds is 1. The molecule has 0 fully saturated rings. The molecule has 2 aromatic heterocycles. The minimum Gasteiger partial charge on any atom is -0.483 e. The van der Waals surface area contributed by atoms with Crippen LogP contribution < -0.4 is 0 Å². The summed E-state index contributed by atoms with van der Waals surface area (Å²) in [5, 5.41) is 6.89. The number of aromatic nitrogens is 2. The van der Waals surface area contributed by atoms with E-state index in [1.807, 2.05) is 36.5 Å². The molecule has 0 aromatic carbocycles. The lowest BCUT2D eigenvalue weighted by Crippen LogP contribution is -1.81. The van der Waals surface area contributed by atoms with Gasteiger partial charge in [0.15, 0.2) is 0 Å². The van der Waals surface area contributed by atoms with Gasteiger partial charge in [-0.2, -0.15) is 0 Å². The van der Waals surface area contributed by atoms with Gasteiger partial charge in [0.25, 0.3) is 6.47 Å². The summed E-state index contributed by atoms with van der Waals surface area (Å²) < 4.78 is 0. The molecule has 15 heavy (non-hydrogen) atoms. The number of hydrogen-bond donors (Lipinski definition) is 1.